The molecule has 1 aliphatic heterocycles. The summed E-state index contributed by atoms with van der Waals surface area (Å²) >= 11 is 0. The number of piperidine rings is 1. The molecule has 2 heterocycles. The summed E-state index contributed by atoms with van der Waals surface area (Å²) in [4.78, 5) is 14.6. The van der Waals surface area contributed by atoms with Crippen LogP contribution in [-0.4, -0.2) is 23.9 Å². The predicted molar refractivity (Wildman–Crippen MR) is 113 cm³/mol. The second-order valence-corrected chi connectivity index (χ2v) is 7.44. The van der Waals surface area contributed by atoms with E-state index in [0.29, 0.717) is 36.9 Å². The zero-order valence-electron chi connectivity index (χ0n) is 16.6. The fourth-order valence-electron chi connectivity index (χ4n) is 3.77. The van der Waals surface area contributed by atoms with Gasteiger partial charge in [-0.25, -0.2) is 4.39 Å². The minimum absolute atomic E-state index is 0.122. The third kappa shape index (κ3) is 4.61. The summed E-state index contributed by atoms with van der Waals surface area (Å²) in [7, 11) is 0. The van der Waals surface area contributed by atoms with E-state index < -0.39 is 0 Å². The summed E-state index contributed by atoms with van der Waals surface area (Å²) in [6, 6.07) is 17.8. The molecule has 1 aliphatic rings. The number of nitrogens with two attached hydrogens (primary N) is 1. The average molecular weight is 402 g/mol. The van der Waals surface area contributed by atoms with Gasteiger partial charge in [-0.1, -0.05) is 36.3 Å². The number of carbonyl (C=O) groups is 1. The standard InChI is InChI=1S/C25H23FN2O2/c26-22-6-2-3-18(16-22)7-8-23-9-10-24(30-23)25(29)28-13-11-20(12-14-28)21-5-1-4-19(15-21)17-27/h1-6,9-10,15-16,20H,11-14,17,27H2. The molecular weight excluding hydrogens is 379 g/mol. The van der Waals surface area contributed by atoms with Crippen LogP contribution in [0.5, 0.6) is 0 Å². The summed E-state index contributed by atoms with van der Waals surface area (Å²) in [6.07, 6.45) is 1.82. The number of hydrogen-bond acceptors (Lipinski definition) is 3. The highest BCUT2D eigenvalue weighted by atomic mass is 19.1. The van der Waals surface area contributed by atoms with E-state index in [1.165, 1.54) is 17.7 Å². The maximum Gasteiger partial charge on any atom is 0.289 e. The zero-order valence-corrected chi connectivity index (χ0v) is 16.6. The molecule has 1 saturated heterocycles. The minimum Gasteiger partial charge on any atom is -0.443 e. The molecule has 0 saturated carbocycles. The second-order valence-electron chi connectivity index (χ2n) is 7.44. The molecule has 0 spiro atoms. The number of carbonyl (C=O) groups excluding carboxylic acids is 1. The molecule has 152 valence electrons. The zero-order chi connectivity index (χ0) is 20.9. The Morgan fingerprint density at radius 3 is 2.63 bits per heavy atom. The number of benzene rings is 2. The summed E-state index contributed by atoms with van der Waals surface area (Å²) in [5.74, 6) is 6.33. The summed E-state index contributed by atoms with van der Waals surface area (Å²) in [5.41, 5.74) is 8.73. The van der Waals surface area contributed by atoms with Gasteiger partial charge < -0.3 is 15.1 Å². The molecule has 4 nitrogen and oxygen atoms in total. The van der Waals surface area contributed by atoms with Crippen LogP contribution in [0, 0.1) is 17.7 Å². The van der Waals surface area contributed by atoms with Gasteiger partial charge >= 0.3 is 0 Å². The van der Waals surface area contributed by atoms with Crippen LogP contribution in [0.4, 0.5) is 4.39 Å². The fraction of sp³-hybridized carbons (Fsp3) is 0.240. The number of likely N-dealkylation sites (tertiary alicyclic amines) is 1. The highest BCUT2D eigenvalue weighted by molar-refractivity contribution is 5.91. The highest BCUT2D eigenvalue weighted by Crippen LogP contribution is 2.29. The van der Waals surface area contributed by atoms with Crippen LogP contribution in [-0.2, 0) is 6.54 Å². The van der Waals surface area contributed by atoms with Crippen molar-refractivity contribution < 1.29 is 13.6 Å². The Morgan fingerprint density at radius 2 is 1.87 bits per heavy atom. The Hall–Kier alpha value is -3.36. The number of halogens is 1. The van der Waals surface area contributed by atoms with Crippen molar-refractivity contribution in [1.82, 2.24) is 4.90 Å². The topological polar surface area (TPSA) is 59.5 Å². The monoisotopic (exact) mass is 402 g/mol. The maximum atomic E-state index is 13.2. The molecule has 1 amide bonds. The van der Waals surface area contributed by atoms with Gasteiger partial charge in [0.1, 0.15) is 5.82 Å². The normalized spacial score (nSPS) is 14.3. The van der Waals surface area contributed by atoms with Crippen LogP contribution in [0.25, 0.3) is 0 Å². The van der Waals surface area contributed by atoms with E-state index in [1.807, 2.05) is 17.0 Å². The van der Waals surface area contributed by atoms with E-state index >= 15 is 0 Å². The number of nitrogens with zero attached hydrogens (tertiary/aromatic N) is 1. The van der Waals surface area contributed by atoms with Gasteiger partial charge in [0, 0.05) is 25.2 Å². The molecule has 0 aliphatic carbocycles. The van der Waals surface area contributed by atoms with E-state index in [1.54, 1.807) is 24.3 Å². The number of rotatable bonds is 3. The summed E-state index contributed by atoms with van der Waals surface area (Å²) in [5, 5.41) is 0. The lowest BCUT2D eigenvalue weighted by atomic mass is 9.88. The lowest BCUT2D eigenvalue weighted by molar-refractivity contribution is 0.0680. The lowest BCUT2D eigenvalue weighted by Crippen LogP contribution is -2.37. The Labute approximate surface area is 175 Å². The molecule has 1 aromatic heterocycles. The molecule has 2 N–H and O–H groups in total. The van der Waals surface area contributed by atoms with E-state index in [2.05, 4.69) is 24.0 Å². The van der Waals surface area contributed by atoms with Crippen molar-refractivity contribution in [3.63, 3.8) is 0 Å². The molecule has 0 unspecified atom stereocenters. The van der Waals surface area contributed by atoms with Gasteiger partial charge in [-0.2, -0.15) is 0 Å². The Kier molecular flexibility index (Phi) is 5.97. The van der Waals surface area contributed by atoms with Crippen molar-refractivity contribution in [2.75, 3.05) is 13.1 Å². The number of furan rings is 1. The van der Waals surface area contributed by atoms with Crippen molar-refractivity contribution in [2.24, 2.45) is 5.73 Å². The highest BCUT2D eigenvalue weighted by Gasteiger charge is 2.26. The molecule has 0 radical (unpaired) electrons. The number of amides is 1. The fourth-order valence-corrected chi connectivity index (χ4v) is 3.77. The first-order chi connectivity index (χ1) is 14.6. The summed E-state index contributed by atoms with van der Waals surface area (Å²) in [6.45, 7) is 1.90. The van der Waals surface area contributed by atoms with E-state index in [0.717, 1.165) is 18.4 Å². The predicted octanol–water partition coefficient (Wildman–Crippen LogP) is 4.30. The first-order valence-corrected chi connectivity index (χ1v) is 10.1. The van der Waals surface area contributed by atoms with Crippen LogP contribution in [0.3, 0.4) is 0 Å². The van der Waals surface area contributed by atoms with Crippen molar-refractivity contribution in [1.29, 1.82) is 0 Å². The average Bonchev–Trinajstić information content (AvgIpc) is 3.26. The van der Waals surface area contributed by atoms with E-state index in [4.69, 9.17) is 10.2 Å². The molecule has 4 rings (SSSR count). The smallest absolute Gasteiger partial charge is 0.289 e. The van der Waals surface area contributed by atoms with Gasteiger partial charge in [-0.05, 0) is 66.1 Å². The molecule has 3 aromatic rings. The Bertz CT molecular complexity index is 1100. The Morgan fingerprint density at radius 1 is 1.07 bits per heavy atom. The first kappa shape index (κ1) is 19.9. The second kappa shape index (κ2) is 8.98. The largest absolute Gasteiger partial charge is 0.443 e. The van der Waals surface area contributed by atoms with Gasteiger partial charge in [0.2, 0.25) is 0 Å². The van der Waals surface area contributed by atoms with Gasteiger partial charge in [0.15, 0.2) is 11.5 Å². The van der Waals surface area contributed by atoms with Crippen LogP contribution in [0.1, 0.15) is 51.8 Å². The molecule has 5 heteroatoms. The van der Waals surface area contributed by atoms with Gasteiger partial charge in [-0.15, -0.1) is 0 Å². The van der Waals surface area contributed by atoms with Crippen LogP contribution < -0.4 is 5.73 Å². The van der Waals surface area contributed by atoms with Crippen molar-refractivity contribution >= 4 is 5.91 Å². The number of hydrogen-bond donors (Lipinski definition) is 1. The third-order valence-corrected chi connectivity index (χ3v) is 5.41. The molecule has 0 bridgehead atoms. The molecule has 30 heavy (non-hydrogen) atoms. The first-order valence-electron chi connectivity index (χ1n) is 10.1. The quantitative estimate of drug-likeness (QED) is 0.665. The van der Waals surface area contributed by atoms with Gasteiger partial charge in [0.25, 0.3) is 5.91 Å². The van der Waals surface area contributed by atoms with E-state index in [-0.39, 0.29) is 17.5 Å². The van der Waals surface area contributed by atoms with E-state index in [9.17, 15) is 9.18 Å². The Balaban J connectivity index is 1.38. The van der Waals surface area contributed by atoms with Crippen LogP contribution >= 0.6 is 0 Å². The van der Waals surface area contributed by atoms with Crippen LogP contribution in [0.2, 0.25) is 0 Å². The molecule has 0 atom stereocenters. The van der Waals surface area contributed by atoms with Gasteiger partial charge in [-0.3, -0.25) is 4.79 Å². The SMILES string of the molecule is NCc1cccc(C2CCN(C(=O)c3ccc(C#Cc4cccc(F)c4)o3)CC2)c1. The van der Waals surface area contributed by atoms with Gasteiger partial charge in [0.05, 0.1) is 0 Å². The van der Waals surface area contributed by atoms with Crippen molar-refractivity contribution in [2.45, 2.75) is 25.3 Å². The molecule has 2 aromatic carbocycles. The maximum absolute atomic E-state index is 13.2. The lowest BCUT2D eigenvalue weighted by Gasteiger charge is -2.31. The summed E-state index contributed by atoms with van der Waals surface area (Å²) < 4.78 is 18.9. The van der Waals surface area contributed by atoms with Crippen LogP contribution in [0.15, 0.2) is 65.1 Å². The molecule has 1 fully saturated rings. The van der Waals surface area contributed by atoms with Crippen molar-refractivity contribution in [3.05, 3.63) is 94.7 Å². The minimum atomic E-state index is -0.338. The molecular formula is C25H23FN2O2. The third-order valence-electron chi connectivity index (χ3n) is 5.41. The van der Waals surface area contributed by atoms with Crippen molar-refractivity contribution in [3.8, 4) is 11.8 Å².